The monoisotopic (exact) mass is 341 g/mol. The Kier molecular flexibility index (Phi) is 4.79. The molecule has 132 valence electrons. The van der Waals surface area contributed by atoms with Gasteiger partial charge >= 0.3 is 6.03 Å². The molecule has 1 aliphatic heterocycles. The summed E-state index contributed by atoms with van der Waals surface area (Å²) >= 11 is 0. The average molecular weight is 341 g/mol. The van der Waals surface area contributed by atoms with Crippen LogP contribution in [0, 0.1) is 5.92 Å². The zero-order chi connectivity index (χ0) is 18.0. The lowest BCUT2D eigenvalue weighted by molar-refractivity contribution is -0.121. The van der Waals surface area contributed by atoms with E-state index in [4.69, 9.17) is 0 Å². The molecule has 3 amide bonds. The van der Waals surface area contributed by atoms with Gasteiger partial charge in [-0.15, -0.1) is 0 Å². The van der Waals surface area contributed by atoms with Gasteiger partial charge in [-0.3, -0.25) is 4.79 Å². The third kappa shape index (κ3) is 3.68. The molecule has 6 heteroatoms. The standard InChI is InChI=1S/C19H23N3O3/c1-21(2)19(25)22-10-8-14(9-11-22)18(24)20-17-5-3-4-13-6-7-15(23)12-16(13)17/h3-7,12,14,23H,8-11H2,1-2H3,(H,20,24). The number of nitrogens with zero attached hydrogens (tertiary/aromatic N) is 2. The van der Waals surface area contributed by atoms with Crippen LogP contribution >= 0.6 is 0 Å². The second kappa shape index (κ2) is 7.01. The molecule has 1 fully saturated rings. The number of phenols is 1. The van der Waals surface area contributed by atoms with Gasteiger partial charge in [-0.1, -0.05) is 18.2 Å². The molecule has 0 unspecified atom stereocenters. The lowest BCUT2D eigenvalue weighted by atomic mass is 9.95. The number of phenolic OH excluding ortho intramolecular Hbond substituents is 1. The lowest BCUT2D eigenvalue weighted by Gasteiger charge is -2.33. The summed E-state index contributed by atoms with van der Waals surface area (Å²) in [4.78, 5) is 27.9. The Morgan fingerprint density at radius 2 is 1.88 bits per heavy atom. The number of urea groups is 1. The minimum absolute atomic E-state index is 0.0108. The SMILES string of the molecule is CN(C)C(=O)N1CCC(C(=O)Nc2cccc3ccc(O)cc23)CC1. The minimum atomic E-state index is -0.112. The predicted octanol–water partition coefficient (Wildman–Crippen LogP) is 2.88. The molecule has 0 aromatic heterocycles. The van der Waals surface area contributed by atoms with Crippen molar-refractivity contribution in [2.75, 3.05) is 32.5 Å². The molecule has 2 N–H and O–H groups in total. The largest absolute Gasteiger partial charge is 0.508 e. The fourth-order valence-electron chi connectivity index (χ4n) is 3.22. The summed E-state index contributed by atoms with van der Waals surface area (Å²) in [6.45, 7) is 1.18. The first-order chi connectivity index (χ1) is 12.0. The van der Waals surface area contributed by atoms with Crippen LogP contribution in [0.4, 0.5) is 10.5 Å². The molecule has 0 saturated carbocycles. The van der Waals surface area contributed by atoms with E-state index in [0.29, 0.717) is 31.6 Å². The zero-order valence-corrected chi connectivity index (χ0v) is 14.5. The van der Waals surface area contributed by atoms with Gasteiger partial charge in [0.05, 0.1) is 0 Å². The molecule has 0 atom stereocenters. The Balaban J connectivity index is 1.68. The maximum absolute atomic E-state index is 12.6. The van der Waals surface area contributed by atoms with E-state index in [1.54, 1.807) is 36.0 Å². The molecule has 1 heterocycles. The Hall–Kier alpha value is -2.76. The summed E-state index contributed by atoms with van der Waals surface area (Å²) in [6, 6.07) is 10.8. The molecular weight excluding hydrogens is 318 g/mol. The van der Waals surface area contributed by atoms with Crippen molar-refractivity contribution >= 4 is 28.4 Å². The van der Waals surface area contributed by atoms with Crippen LogP contribution in [0.5, 0.6) is 5.75 Å². The van der Waals surface area contributed by atoms with Gasteiger partial charge in [0.2, 0.25) is 5.91 Å². The minimum Gasteiger partial charge on any atom is -0.508 e. The van der Waals surface area contributed by atoms with Crippen LogP contribution in [-0.4, -0.2) is 54.0 Å². The van der Waals surface area contributed by atoms with E-state index in [1.165, 1.54) is 0 Å². The molecule has 6 nitrogen and oxygen atoms in total. The van der Waals surface area contributed by atoms with E-state index in [1.807, 2.05) is 24.3 Å². The van der Waals surface area contributed by atoms with Crippen molar-refractivity contribution in [3.05, 3.63) is 36.4 Å². The second-order valence-corrected chi connectivity index (χ2v) is 6.64. The summed E-state index contributed by atoms with van der Waals surface area (Å²) in [6.07, 6.45) is 1.31. The van der Waals surface area contributed by atoms with Crippen LogP contribution < -0.4 is 5.32 Å². The van der Waals surface area contributed by atoms with Gasteiger partial charge in [0.15, 0.2) is 0 Å². The van der Waals surface area contributed by atoms with E-state index in [0.717, 1.165) is 10.8 Å². The molecule has 1 saturated heterocycles. The highest BCUT2D eigenvalue weighted by Crippen LogP contribution is 2.28. The third-order valence-electron chi connectivity index (χ3n) is 4.64. The topological polar surface area (TPSA) is 72.9 Å². The van der Waals surface area contributed by atoms with E-state index >= 15 is 0 Å². The van der Waals surface area contributed by atoms with Gasteiger partial charge in [0.25, 0.3) is 0 Å². The molecule has 0 aliphatic carbocycles. The fourth-order valence-corrected chi connectivity index (χ4v) is 3.22. The van der Waals surface area contributed by atoms with Gasteiger partial charge in [-0.25, -0.2) is 4.79 Å². The number of nitrogens with one attached hydrogen (secondary N) is 1. The zero-order valence-electron chi connectivity index (χ0n) is 14.5. The van der Waals surface area contributed by atoms with Gasteiger partial charge in [0.1, 0.15) is 5.75 Å². The first kappa shape index (κ1) is 17.1. The van der Waals surface area contributed by atoms with Crippen molar-refractivity contribution in [3.63, 3.8) is 0 Å². The summed E-state index contributed by atoms with van der Waals surface area (Å²) in [5.41, 5.74) is 0.699. The number of aromatic hydroxyl groups is 1. The number of hydrogen-bond donors (Lipinski definition) is 2. The number of piperidine rings is 1. The van der Waals surface area contributed by atoms with Crippen LogP contribution in [0.3, 0.4) is 0 Å². The van der Waals surface area contributed by atoms with Crippen LogP contribution in [0.25, 0.3) is 10.8 Å². The Morgan fingerprint density at radius 1 is 1.16 bits per heavy atom. The lowest BCUT2D eigenvalue weighted by Crippen LogP contribution is -2.45. The maximum Gasteiger partial charge on any atom is 0.319 e. The number of rotatable bonds is 2. The number of carbonyl (C=O) groups excluding carboxylic acids is 2. The molecule has 0 spiro atoms. The van der Waals surface area contributed by atoms with Gasteiger partial charge in [-0.05, 0) is 36.4 Å². The number of benzene rings is 2. The number of hydrogen-bond acceptors (Lipinski definition) is 3. The fraction of sp³-hybridized carbons (Fsp3) is 0.368. The number of amides is 3. The number of fused-ring (bicyclic) bond motifs is 1. The summed E-state index contributed by atoms with van der Waals surface area (Å²) in [5, 5.41) is 14.5. The van der Waals surface area contributed by atoms with Crippen LogP contribution in [0.2, 0.25) is 0 Å². The van der Waals surface area contributed by atoms with Crippen molar-refractivity contribution in [2.45, 2.75) is 12.8 Å². The first-order valence-corrected chi connectivity index (χ1v) is 8.44. The summed E-state index contributed by atoms with van der Waals surface area (Å²) in [5.74, 6) is 0.0243. The Bertz CT molecular complexity index is 796. The predicted molar refractivity (Wildman–Crippen MR) is 97.6 cm³/mol. The molecule has 2 aromatic carbocycles. The normalized spacial score (nSPS) is 15.2. The van der Waals surface area contributed by atoms with Crippen LogP contribution in [0.15, 0.2) is 36.4 Å². The highest BCUT2D eigenvalue weighted by atomic mass is 16.3. The van der Waals surface area contributed by atoms with E-state index < -0.39 is 0 Å². The maximum atomic E-state index is 12.6. The Morgan fingerprint density at radius 3 is 2.56 bits per heavy atom. The number of anilines is 1. The van der Waals surface area contributed by atoms with Crippen LogP contribution in [0.1, 0.15) is 12.8 Å². The van der Waals surface area contributed by atoms with Crippen molar-refractivity contribution in [3.8, 4) is 5.75 Å². The van der Waals surface area contributed by atoms with E-state index in [-0.39, 0.29) is 23.6 Å². The Labute approximate surface area is 147 Å². The van der Waals surface area contributed by atoms with Crippen molar-refractivity contribution < 1.29 is 14.7 Å². The number of likely N-dealkylation sites (tertiary alicyclic amines) is 1. The first-order valence-electron chi connectivity index (χ1n) is 8.44. The highest BCUT2D eigenvalue weighted by molar-refractivity contribution is 6.03. The summed E-state index contributed by atoms with van der Waals surface area (Å²) in [7, 11) is 3.47. The average Bonchev–Trinajstić information content (AvgIpc) is 2.61. The molecule has 0 bridgehead atoms. The van der Waals surface area contributed by atoms with E-state index in [9.17, 15) is 14.7 Å². The second-order valence-electron chi connectivity index (χ2n) is 6.64. The smallest absolute Gasteiger partial charge is 0.319 e. The molecule has 0 radical (unpaired) electrons. The third-order valence-corrected chi connectivity index (χ3v) is 4.64. The molecule has 1 aliphatic rings. The van der Waals surface area contributed by atoms with Crippen molar-refractivity contribution in [1.82, 2.24) is 9.80 Å². The molecule has 3 rings (SSSR count). The summed E-state index contributed by atoms with van der Waals surface area (Å²) < 4.78 is 0. The quantitative estimate of drug-likeness (QED) is 0.882. The molecule has 25 heavy (non-hydrogen) atoms. The van der Waals surface area contributed by atoms with Crippen molar-refractivity contribution in [1.29, 1.82) is 0 Å². The highest BCUT2D eigenvalue weighted by Gasteiger charge is 2.28. The van der Waals surface area contributed by atoms with E-state index in [2.05, 4.69) is 5.32 Å². The van der Waals surface area contributed by atoms with Gasteiger partial charge in [0, 0.05) is 44.2 Å². The van der Waals surface area contributed by atoms with Gasteiger partial charge in [-0.2, -0.15) is 0 Å². The van der Waals surface area contributed by atoms with Gasteiger partial charge < -0.3 is 20.2 Å². The van der Waals surface area contributed by atoms with Crippen molar-refractivity contribution in [2.24, 2.45) is 5.92 Å². The molecule has 2 aromatic rings. The van der Waals surface area contributed by atoms with Crippen LogP contribution in [-0.2, 0) is 4.79 Å². The number of carbonyl (C=O) groups is 2. The molecular formula is C19H23N3O3.